The lowest BCUT2D eigenvalue weighted by Gasteiger charge is -2.30. The number of ether oxygens (including phenoxy) is 1. The first-order valence-electron chi connectivity index (χ1n) is 7.42. The highest BCUT2D eigenvalue weighted by atomic mass is 16.5. The van der Waals surface area contributed by atoms with Crippen molar-refractivity contribution in [3.05, 3.63) is 53.6 Å². The van der Waals surface area contributed by atoms with Gasteiger partial charge in [0.25, 0.3) is 11.8 Å². The maximum absolute atomic E-state index is 12.3. The molecule has 2 amide bonds. The van der Waals surface area contributed by atoms with Gasteiger partial charge in [0.1, 0.15) is 5.75 Å². The number of aryl methyl sites for hydroxylation is 1. The Balaban J connectivity index is 1.85. The molecule has 3 rings (SSSR count). The van der Waals surface area contributed by atoms with Crippen LogP contribution >= 0.6 is 0 Å². The van der Waals surface area contributed by atoms with Crippen molar-refractivity contribution < 1.29 is 14.3 Å². The van der Waals surface area contributed by atoms with Crippen molar-refractivity contribution in [3.8, 4) is 5.75 Å². The van der Waals surface area contributed by atoms with E-state index in [9.17, 15) is 9.59 Å². The number of hydrogen-bond donors (Lipinski definition) is 1. The zero-order valence-electron chi connectivity index (χ0n) is 13.3. The van der Waals surface area contributed by atoms with Crippen LogP contribution in [0.15, 0.2) is 42.5 Å². The average molecular weight is 310 g/mol. The van der Waals surface area contributed by atoms with Crippen molar-refractivity contribution in [1.29, 1.82) is 0 Å². The minimum Gasteiger partial charge on any atom is -0.479 e. The van der Waals surface area contributed by atoms with Crippen LogP contribution in [-0.4, -0.2) is 25.0 Å². The molecule has 2 aromatic rings. The lowest BCUT2D eigenvalue weighted by molar-refractivity contribution is -0.125. The normalized spacial score (nSPS) is 16.6. The van der Waals surface area contributed by atoms with E-state index < -0.39 is 6.10 Å². The molecule has 0 saturated heterocycles. The molecule has 5 heteroatoms. The number of rotatable bonds is 2. The summed E-state index contributed by atoms with van der Waals surface area (Å²) < 4.78 is 5.57. The number of anilines is 2. The second-order valence-corrected chi connectivity index (χ2v) is 5.66. The van der Waals surface area contributed by atoms with Crippen LogP contribution in [0, 0.1) is 6.92 Å². The number of amides is 2. The van der Waals surface area contributed by atoms with Crippen LogP contribution in [0.1, 0.15) is 22.8 Å². The first-order valence-corrected chi connectivity index (χ1v) is 7.42. The molecule has 0 fully saturated rings. The summed E-state index contributed by atoms with van der Waals surface area (Å²) >= 11 is 0. The van der Waals surface area contributed by atoms with Crippen molar-refractivity contribution in [2.75, 3.05) is 17.3 Å². The van der Waals surface area contributed by atoms with Crippen molar-refractivity contribution in [2.45, 2.75) is 20.0 Å². The van der Waals surface area contributed by atoms with Gasteiger partial charge in [-0.3, -0.25) is 9.59 Å². The Morgan fingerprint density at radius 3 is 2.74 bits per heavy atom. The minimum atomic E-state index is -0.500. The monoisotopic (exact) mass is 310 g/mol. The molecular formula is C18H18N2O3. The van der Waals surface area contributed by atoms with Crippen LogP contribution in [0.2, 0.25) is 0 Å². The maximum atomic E-state index is 12.3. The smallest absolute Gasteiger partial charge is 0.267 e. The fraction of sp³-hybridized carbons (Fsp3) is 0.222. The molecule has 1 atom stereocenters. The molecule has 0 aromatic heterocycles. The van der Waals surface area contributed by atoms with Crippen LogP contribution < -0.4 is 15.0 Å². The summed E-state index contributed by atoms with van der Waals surface area (Å²) in [5, 5.41) is 2.85. The number of likely N-dealkylation sites (N-methyl/N-ethyl adjacent to an activating group) is 1. The van der Waals surface area contributed by atoms with E-state index in [-0.39, 0.29) is 11.8 Å². The van der Waals surface area contributed by atoms with Crippen LogP contribution in [0.25, 0.3) is 0 Å². The van der Waals surface area contributed by atoms with Crippen LogP contribution in [0.5, 0.6) is 5.75 Å². The molecule has 2 aromatic carbocycles. The Kier molecular flexibility index (Phi) is 3.78. The predicted molar refractivity (Wildman–Crippen MR) is 89.1 cm³/mol. The third kappa shape index (κ3) is 2.90. The SMILES string of the molecule is Cc1cccc(C(=O)Nc2ccc3c(c2)N(C)C(=O)C(C)O3)c1. The fourth-order valence-corrected chi connectivity index (χ4v) is 2.58. The molecule has 1 aliphatic heterocycles. The number of carbonyl (C=O) groups is 2. The van der Waals surface area contributed by atoms with E-state index in [1.807, 2.05) is 25.1 Å². The summed E-state index contributed by atoms with van der Waals surface area (Å²) in [6.45, 7) is 3.66. The molecule has 1 N–H and O–H groups in total. The Bertz CT molecular complexity index is 786. The first kappa shape index (κ1) is 15.1. The van der Waals surface area contributed by atoms with Crippen LogP contribution in [0.4, 0.5) is 11.4 Å². The van der Waals surface area contributed by atoms with Gasteiger partial charge in [0.15, 0.2) is 6.10 Å². The van der Waals surface area contributed by atoms with E-state index in [0.29, 0.717) is 22.7 Å². The van der Waals surface area contributed by atoms with Gasteiger partial charge >= 0.3 is 0 Å². The molecular weight excluding hydrogens is 292 g/mol. The molecule has 0 spiro atoms. The van der Waals surface area contributed by atoms with E-state index >= 15 is 0 Å². The Labute approximate surface area is 134 Å². The van der Waals surface area contributed by atoms with Gasteiger partial charge in [-0.2, -0.15) is 0 Å². The predicted octanol–water partition coefficient (Wildman–Crippen LogP) is 2.99. The number of hydrogen-bond acceptors (Lipinski definition) is 3. The van der Waals surface area contributed by atoms with Crippen LogP contribution in [-0.2, 0) is 4.79 Å². The molecule has 0 radical (unpaired) electrons. The van der Waals surface area contributed by atoms with E-state index in [1.54, 1.807) is 43.1 Å². The molecule has 1 heterocycles. The van der Waals surface area contributed by atoms with E-state index in [4.69, 9.17) is 4.74 Å². The number of nitrogens with zero attached hydrogens (tertiary/aromatic N) is 1. The van der Waals surface area contributed by atoms with Crippen LogP contribution in [0.3, 0.4) is 0 Å². The van der Waals surface area contributed by atoms with Gasteiger partial charge < -0.3 is 15.0 Å². The van der Waals surface area contributed by atoms with Gasteiger partial charge in [0.2, 0.25) is 0 Å². The highest BCUT2D eigenvalue weighted by molar-refractivity contribution is 6.05. The molecule has 0 aliphatic carbocycles. The molecule has 1 aliphatic rings. The second kappa shape index (κ2) is 5.76. The highest BCUT2D eigenvalue weighted by Gasteiger charge is 2.29. The quantitative estimate of drug-likeness (QED) is 0.927. The van der Waals surface area contributed by atoms with Gasteiger partial charge in [0.05, 0.1) is 5.69 Å². The zero-order chi connectivity index (χ0) is 16.6. The first-order chi connectivity index (χ1) is 11.0. The zero-order valence-corrected chi connectivity index (χ0v) is 13.3. The summed E-state index contributed by atoms with van der Waals surface area (Å²) in [5.74, 6) is 0.334. The maximum Gasteiger partial charge on any atom is 0.267 e. The molecule has 1 unspecified atom stereocenters. The number of carbonyl (C=O) groups excluding carboxylic acids is 2. The van der Waals surface area contributed by atoms with Gasteiger partial charge in [-0.15, -0.1) is 0 Å². The Hall–Kier alpha value is -2.82. The summed E-state index contributed by atoms with van der Waals surface area (Å²) in [5.41, 5.74) is 2.89. The number of fused-ring (bicyclic) bond motifs is 1. The molecule has 118 valence electrons. The largest absolute Gasteiger partial charge is 0.479 e. The molecule has 5 nitrogen and oxygen atoms in total. The van der Waals surface area contributed by atoms with Gasteiger partial charge in [0, 0.05) is 18.3 Å². The number of nitrogens with one attached hydrogen (secondary N) is 1. The molecule has 23 heavy (non-hydrogen) atoms. The summed E-state index contributed by atoms with van der Waals surface area (Å²) in [6, 6.07) is 12.7. The summed E-state index contributed by atoms with van der Waals surface area (Å²) in [7, 11) is 1.70. The standard InChI is InChI=1S/C18H18N2O3/c1-11-5-4-6-13(9-11)17(21)19-14-7-8-16-15(10-14)20(3)18(22)12(2)23-16/h4-10,12H,1-3H3,(H,19,21). The number of benzene rings is 2. The van der Waals surface area contributed by atoms with E-state index in [0.717, 1.165) is 5.56 Å². The molecule has 0 bridgehead atoms. The molecule has 0 saturated carbocycles. The van der Waals surface area contributed by atoms with Gasteiger partial charge in [-0.1, -0.05) is 17.7 Å². The Morgan fingerprint density at radius 2 is 2.00 bits per heavy atom. The van der Waals surface area contributed by atoms with Crippen molar-refractivity contribution >= 4 is 23.2 Å². The summed E-state index contributed by atoms with van der Waals surface area (Å²) in [4.78, 5) is 25.9. The van der Waals surface area contributed by atoms with Gasteiger partial charge in [-0.25, -0.2) is 0 Å². The highest BCUT2D eigenvalue weighted by Crippen LogP contribution is 2.35. The van der Waals surface area contributed by atoms with E-state index in [2.05, 4.69) is 5.32 Å². The van der Waals surface area contributed by atoms with Gasteiger partial charge in [-0.05, 0) is 44.2 Å². The Morgan fingerprint density at radius 1 is 1.22 bits per heavy atom. The lowest BCUT2D eigenvalue weighted by Crippen LogP contribution is -2.41. The minimum absolute atomic E-state index is 0.111. The van der Waals surface area contributed by atoms with Crippen molar-refractivity contribution in [1.82, 2.24) is 0 Å². The average Bonchev–Trinajstić information content (AvgIpc) is 2.53. The summed E-state index contributed by atoms with van der Waals surface area (Å²) in [6.07, 6.45) is -0.500. The third-order valence-corrected chi connectivity index (χ3v) is 3.84. The lowest BCUT2D eigenvalue weighted by atomic mass is 10.1. The van der Waals surface area contributed by atoms with E-state index in [1.165, 1.54) is 0 Å². The third-order valence-electron chi connectivity index (χ3n) is 3.84. The fourth-order valence-electron chi connectivity index (χ4n) is 2.58. The van der Waals surface area contributed by atoms with Crippen molar-refractivity contribution in [3.63, 3.8) is 0 Å². The topological polar surface area (TPSA) is 58.6 Å². The second-order valence-electron chi connectivity index (χ2n) is 5.66. The van der Waals surface area contributed by atoms with Crippen molar-refractivity contribution in [2.24, 2.45) is 0 Å².